The quantitative estimate of drug-likeness (QED) is 0.886. The van der Waals surface area contributed by atoms with Crippen molar-refractivity contribution in [1.29, 1.82) is 0 Å². The molecule has 1 fully saturated rings. The molecule has 0 atom stereocenters. The van der Waals surface area contributed by atoms with Crippen molar-refractivity contribution in [2.75, 3.05) is 13.1 Å². The van der Waals surface area contributed by atoms with Crippen LogP contribution >= 0.6 is 0 Å². The minimum atomic E-state index is -0.212. The highest BCUT2D eigenvalue weighted by atomic mass is 16.1. The molecular weight excluding hydrogens is 290 g/mol. The largest absolute Gasteiger partial charge is 0.348 e. The second-order valence-corrected chi connectivity index (χ2v) is 5.93. The molecule has 1 aromatic heterocycles. The van der Waals surface area contributed by atoms with Crippen LogP contribution in [0.5, 0.6) is 0 Å². The van der Waals surface area contributed by atoms with E-state index in [1.807, 2.05) is 12.1 Å². The summed E-state index contributed by atoms with van der Waals surface area (Å²) in [4.78, 5) is 28.0. The van der Waals surface area contributed by atoms with Crippen LogP contribution in [-0.4, -0.2) is 28.9 Å². The first-order chi connectivity index (χ1) is 11.2. The van der Waals surface area contributed by atoms with E-state index in [1.165, 1.54) is 49.8 Å². The summed E-state index contributed by atoms with van der Waals surface area (Å²) < 4.78 is 0. The Morgan fingerprint density at radius 2 is 1.91 bits per heavy atom. The van der Waals surface area contributed by atoms with Gasteiger partial charge in [-0.15, -0.1) is 0 Å². The number of hydrogen-bond donors (Lipinski definition) is 2. The first kappa shape index (κ1) is 15.5. The molecule has 2 N–H and O–H groups in total. The predicted octanol–water partition coefficient (Wildman–Crippen LogP) is 1.90. The highest BCUT2D eigenvalue weighted by Crippen LogP contribution is 2.13. The summed E-state index contributed by atoms with van der Waals surface area (Å²) in [7, 11) is 0. The number of aromatic amines is 1. The summed E-state index contributed by atoms with van der Waals surface area (Å²) in [5.74, 6) is -0.189. The third-order valence-corrected chi connectivity index (χ3v) is 4.10. The number of nitrogens with one attached hydrogen (secondary N) is 2. The zero-order valence-electron chi connectivity index (χ0n) is 13.0. The Hall–Kier alpha value is -2.40. The average Bonchev–Trinajstić information content (AvgIpc) is 3.07. The molecule has 3 rings (SSSR count). The molecule has 120 valence electrons. The Labute approximate surface area is 135 Å². The molecule has 0 saturated carbocycles. The summed E-state index contributed by atoms with van der Waals surface area (Å²) in [6.07, 6.45) is 4.01. The summed E-state index contributed by atoms with van der Waals surface area (Å²) in [5.41, 5.74) is 2.61. The van der Waals surface area contributed by atoms with Gasteiger partial charge >= 0.3 is 0 Å². The van der Waals surface area contributed by atoms with Gasteiger partial charge < -0.3 is 10.3 Å². The first-order valence-corrected chi connectivity index (χ1v) is 7.98. The molecule has 23 heavy (non-hydrogen) atoms. The van der Waals surface area contributed by atoms with Gasteiger partial charge in [0, 0.05) is 25.4 Å². The van der Waals surface area contributed by atoms with Gasteiger partial charge in [0.1, 0.15) is 0 Å². The van der Waals surface area contributed by atoms with Crippen LogP contribution in [0.1, 0.15) is 34.3 Å². The summed E-state index contributed by atoms with van der Waals surface area (Å²) >= 11 is 0. The average molecular weight is 311 g/mol. The number of hydrogen-bond acceptors (Lipinski definition) is 3. The monoisotopic (exact) mass is 311 g/mol. The van der Waals surface area contributed by atoms with Crippen molar-refractivity contribution >= 4 is 5.91 Å². The maximum atomic E-state index is 12.1. The molecule has 0 aliphatic carbocycles. The normalized spacial score (nSPS) is 14.8. The van der Waals surface area contributed by atoms with Gasteiger partial charge in [-0.3, -0.25) is 14.5 Å². The van der Waals surface area contributed by atoms with Gasteiger partial charge in [-0.25, -0.2) is 0 Å². The maximum absolute atomic E-state index is 12.1. The lowest BCUT2D eigenvalue weighted by molar-refractivity contribution is 0.0950. The fraction of sp³-hybridized carbons (Fsp3) is 0.333. The van der Waals surface area contributed by atoms with Gasteiger partial charge in [0.25, 0.3) is 5.91 Å². The molecule has 0 radical (unpaired) electrons. The molecule has 2 aromatic rings. The van der Waals surface area contributed by atoms with E-state index in [1.54, 1.807) is 0 Å². The molecule has 1 aliphatic rings. The molecule has 1 amide bonds. The van der Waals surface area contributed by atoms with Gasteiger partial charge in [0.15, 0.2) is 0 Å². The number of carbonyl (C=O) groups excluding carboxylic acids is 1. The Balaban J connectivity index is 1.58. The minimum Gasteiger partial charge on any atom is -0.348 e. The first-order valence-electron chi connectivity index (χ1n) is 7.98. The van der Waals surface area contributed by atoms with Crippen LogP contribution < -0.4 is 10.9 Å². The van der Waals surface area contributed by atoms with E-state index < -0.39 is 0 Å². The number of pyridine rings is 1. The minimum absolute atomic E-state index is 0.189. The standard InChI is InChI=1S/C18H21N3O2/c22-17-7-6-16(12-19-17)18(23)20-11-14-4-3-5-15(10-14)13-21-8-1-2-9-21/h3-7,10,12H,1-2,8-9,11,13H2,(H,19,22)(H,20,23). The summed E-state index contributed by atoms with van der Waals surface area (Å²) in [6.45, 7) is 3.80. The van der Waals surface area contributed by atoms with E-state index >= 15 is 0 Å². The molecule has 0 unspecified atom stereocenters. The van der Waals surface area contributed by atoms with Crippen LogP contribution in [0.25, 0.3) is 0 Å². The smallest absolute Gasteiger partial charge is 0.253 e. The zero-order valence-corrected chi connectivity index (χ0v) is 13.0. The van der Waals surface area contributed by atoms with Crippen LogP contribution in [0.2, 0.25) is 0 Å². The van der Waals surface area contributed by atoms with Crippen molar-refractivity contribution in [3.8, 4) is 0 Å². The molecule has 5 nitrogen and oxygen atoms in total. The SMILES string of the molecule is O=C(NCc1cccc(CN2CCCC2)c1)c1ccc(=O)[nH]c1. The lowest BCUT2D eigenvalue weighted by atomic mass is 10.1. The molecule has 0 bridgehead atoms. The van der Waals surface area contributed by atoms with E-state index in [9.17, 15) is 9.59 Å². The Morgan fingerprint density at radius 3 is 2.65 bits per heavy atom. The van der Waals surface area contributed by atoms with Gasteiger partial charge in [-0.05, 0) is 43.1 Å². The number of aromatic nitrogens is 1. The number of carbonyl (C=O) groups is 1. The number of H-pyrrole nitrogens is 1. The van der Waals surface area contributed by atoms with E-state index in [0.29, 0.717) is 12.1 Å². The highest BCUT2D eigenvalue weighted by molar-refractivity contribution is 5.93. The Kier molecular flexibility index (Phi) is 4.88. The van der Waals surface area contributed by atoms with E-state index in [-0.39, 0.29) is 11.5 Å². The van der Waals surface area contributed by atoms with Gasteiger partial charge in [0.05, 0.1) is 5.56 Å². The predicted molar refractivity (Wildman–Crippen MR) is 89.2 cm³/mol. The number of likely N-dealkylation sites (tertiary alicyclic amines) is 1. The molecule has 1 aliphatic heterocycles. The van der Waals surface area contributed by atoms with Gasteiger partial charge in [-0.2, -0.15) is 0 Å². The van der Waals surface area contributed by atoms with Crippen LogP contribution in [0.15, 0.2) is 47.4 Å². The fourth-order valence-electron chi connectivity index (χ4n) is 2.87. The van der Waals surface area contributed by atoms with Crippen molar-refractivity contribution in [1.82, 2.24) is 15.2 Å². The topological polar surface area (TPSA) is 65.2 Å². The van der Waals surface area contributed by atoms with Crippen LogP contribution in [-0.2, 0) is 13.1 Å². The summed E-state index contributed by atoms with van der Waals surface area (Å²) in [5, 5.41) is 2.88. The van der Waals surface area contributed by atoms with Crippen molar-refractivity contribution in [2.45, 2.75) is 25.9 Å². The van der Waals surface area contributed by atoms with Gasteiger partial charge in [-0.1, -0.05) is 24.3 Å². The molecule has 1 aromatic carbocycles. The fourth-order valence-corrected chi connectivity index (χ4v) is 2.87. The van der Waals surface area contributed by atoms with Crippen LogP contribution in [0.3, 0.4) is 0 Å². The third kappa shape index (κ3) is 4.29. The Morgan fingerprint density at radius 1 is 1.13 bits per heavy atom. The van der Waals surface area contributed by atoms with Crippen LogP contribution in [0.4, 0.5) is 0 Å². The molecular formula is C18H21N3O2. The van der Waals surface area contributed by atoms with E-state index in [0.717, 1.165) is 12.1 Å². The Bertz CT molecular complexity index is 713. The van der Waals surface area contributed by atoms with Gasteiger partial charge in [0.2, 0.25) is 5.56 Å². The molecule has 2 heterocycles. The van der Waals surface area contributed by atoms with Crippen molar-refractivity contribution < 1.29 is 4.79 Å². The lowest BCUT2D eigenvalue weighted by Gasteiger charge is -2.15. The van der Waals surface area contributed by atoms with E-state index in [4.69, 9.17) is 0 Å². The molecule has 5 heteroatoms. The van der Waals surface area contributed by atoms with E-state index in [2.05, 4.69) is 27.3 Å². The number of amides is 1. The number of benzene rings is 1. The summed E-state index contributed by atoms with van der Waals surface area (Å²) in [6, 6.07) is 11.2. The highest BCUT2D eigenvalue weighted by Gasteiger charge is 2.12. The third-order valence-electron chi connectivity index (χ3n) is 4.10. The molecule has 1 saturated heterocycles. The molecule has 0 spiro atoms. The second kappa shape index (κ2) is 7.24. The van der Waals surface area contributed by atoms with Crippen molar-refractivity contribution in [3.63, 3.8) is 0 Å². The second-order valence-electron chi connectivity index (χ2n) is 5.93. The maximum Gasteiger partial charge on any atom is 0.253 e. The number of rotatable bonds is 5. The van der Waals surface area contributed by atoms with Crippen molar-refractivity contribution in [3.05, 3.63) is 69.6 Å². The lowest BCUT2D eigenvalue weighted by Crippen LogP contribution is -2.24. The number of nitrogens with zero attached hydrogens (tertiary/aromatic N) is 1. The zero-order chi connectivity index (χ0) is 16.1. The van der Waals surface area contributed by atoms with Crippen LogP contribution in [0, 0.1) is 0 Å². The van der Waals surface area contributed by atoms with Crippen molar-refractivity contribution in [2.24, 2.45) is 0 Å².